The van der Waals surface area contributed by atoms with Crippen LogP contribution >= 0.6 is 0 Å². The summed E-state index contributed by atoms with van der Waals surface area (Å²) in [6, 6.07) is 18.4. The van der Waals surface area contributed by atoms with E-state index < -0.39 is 5.97 Å². The smallest absolute Gasteiger partial charge is 0.337 e. The molecule has 1 aromatic heterocycles. The second-order valence-electron chi connectivity index (χ2n) is 6.51. The Balaban J connectivity index is 1.83. The molecule has 0 unspecified atom stereocenters. The number of rotatable bonds is 6. The van der Waals surface area contributed by atoms with Gasteiger partial charge in [0.25, 0.3) is 5.91 Å². The molecule has 6 heteroatoms. The average Bonchev–Trinajstić information content (AvgIpc) is 2.74. The van der Waals surface area contributed by atoms with E-state index in [4.69, 9.17) is 4.74 Å². The summed E-state index contributed by atoms with van der Waals surface area (Å²) >= 11 is 0. The number of hydrogen-bond donors (Lipinski definition) is 1. The zero-order valence-electron chi connectivity index (χ0n) is 16.7. The molecule has 0 bridgehead atoms. The second-order valence-corrected chi connectivity index (χ2v) is 6.51. The summed E-state index contributed by atoms with van der Waals surface area (Å²) in [5.41, 5.74) is 4.24. The standard InChI is InChI=1S/C23H23N3O3/c1-4-26(19-10-5-7-16(2)13-19)20-11-12-24-21(15-20)22(27)25-18-9-6-8-17(14-18)23(28)29-3/h5-15H,4H2,1-3H3,(H,25,27). The minimum Gasteiger partial charge on any atom is -0.465 e. The van der Waals surface area contributed by atoms with Crippen LogP contribution in [0, 0.1) is 6.92 Å². The van der Waals surface area contributed by atoms with E-state index in [2.05, 4.69) is 28.2 Å². The van der Waals surface area contributed by atoms with Gasteiger partial charge in [0, 0.05) is 29.8 Å². The number of benzene rings is 2. The van der Waals surface area contributed by atoms with Crippen molar-refractivity contribution in [1.29, 1.82) is 0 Å². The van der Waals surface area contributed by atoms with Gasteiger partial charge in [0.15, 0.2) is 0 Å². The van der Waals surface area contributed by atoms with Gasteiger partial charge in [-0.05, 0) is 61.9 Å². The molecule has 148 valence electrons. The highest BCUT2D eigenvalue weighted by Gasteiger charge is 2.14. The first-order valence-corrected chi connectivity index (χ1v) is 9.32. The fourth-order valence-electron chi connectivity index (χ4n) is 3.06. The lowest BCUT2D eigenvalue weighted by Gasteiger charge is -2.24. The largest absolute Gasteiger partial charge is 0.465 e. The maximum Gasteiger partial charge on any atom is 0.337 e. The van der Waals surface area contributed by atoms with E-state index in [1.54, 1.807) is 36.5 Å². The molecule has 0 aliphatic heterocycles. The molecule has 2 aromatic carbocycles. The van der Waals surface area contributed by atoms with Crippen molar-refractivity contribution in [1.82, 2.24) is 4.98 Å². The van der Waals surface area contributed by atoms with Crippen LogP contribution in [-0.2, 0) is 4.74 Å². The lowest BCUT2D eigenvalue weighted by Crippen LogP contribution is -2.18. The highest BCUT2D eigenvalue weighted by atomic mass is 16.5. The monoisotopic (exact) mass is 389 g/mol. The molecule has 0 saturated carbocycles. The van der Waals surface area contributed by atoms with E-state index in [9.17, 15) is 9.59 Å². The number of anilines is 3. The molecule has 0 atom stereocenters. The number of aromatic nitrogens is 1. The van der Waals surface area contributed by atoms with Gasteiger partial charge < -0.3 is 15.0 Å². The Morgan fingerprint density at radius 1 is 1.03 bits per heavy atom. The van der Waals surface area contributed by atoms with Gasteiger partial charge in [-0.15, -0.1) is 0 Å². The van der Waals surface area contributed by atoms with Crippen LogP contribution in [0.1, 0.15) is 33.3 Å². The number of nitrogens with zero attached hydrogens (tertiary/aromatic N) is 2. The van der Waals surface area contributed by atoms with Crippen LogP contribution in [0.15, 0.2) is 66.9 Å². The van der Waals surface area contributed by atoms with E-state index in [1.807, 2.05) is 31.2 Å². The predicted molar refractivity (Wildman–Crippen MR) is 114 cm³/mol. The molecule has 1 heterocycles. The van der Waals surface area contributed by atoms with Crippen LogP contribution in [0.4, 0.5) is 17.1 Å². The molecule has 0 aliphatic carbocycles. The van der Waals surface area contributed by atoms with Crippen LogP contribution in [-0.4, -0.2) is 30.5 Å². The van der Waals surface area contributed by atoms with Gasteiger partial charge in [-0.1, -0.05) is 18.2 Å². The lowest BCUT2D eigenvalue weighted by molar-refractivity contribution is 0.0600. The SMILES string of the molecule is CCN(c1cccc(C)c1)c1ccnc(C(=O)Nc2cccc(C(=O)OC)c2)c1. The molecular weight excluding hydrogens is 366 g/mol. The number of hydrogen-bond acceptors (Lipinski definition) is 5. The third-order valence-electron chi connectivity index (χ3n) is 4.46. The number of ether oxygens (including phenoxy) is 1. The maximum absolute atomic E-state index is 12.7. The lowest BCUT2D eigenvalue weighted by atomic mass is 10.2. The zero-order valence-corrected chi connectivity index (χ0v) is 16.7. The molecule has 0 saturated heterocycles. The Hall–Kier alpha value is -3.67. The molecule has 3 rings (SSSR count). The maximum atomic E-state index is 12.7. The third kappa shape index (κ3) is 4.79. The van der Waals surface area contributed by atoms with Crippen molar-refractivity contribution in [3.63, 3.8) is 0 Å². The van der Waals surface area contributed by atoms with E-state index in [-0.39, 0.29) is 11.6 Å². The topological polar surface area (TPSA) is 71.5 Å². The normalized spacial score (nSPS) is 10.3. The van der Waals surface area contributed by atoms with Gasteiger partial charge in [-0.2, -0.15) is 0 Å². The van der Waals surface area contributed by atoms with Crippen molar-refractivity contribution in [3.8, 4) is 0 Å². The fraction of sp³-hybridized carbons (Fsp3) is 0.174. The quantitative estimate of drug-likeness (QED) is 0.625. The molecule has 0 aliphatic rings. The molecule has 3 aromatic rings. The van der Waals surface area contributed by atoms with Crippen molar-refractivity contribution in [3.05, 3.63) is 83.7 Å². The first-order valence-electron chi connectivity index (χ1n) is 9.32. The van der Waals surface area contributed by atoms with Gasteiger partial charge in [-0.25, -0.2) is 4.79 Å². The zero-order chi connectivity index (χ0) is 20.8. The fourth-order valence-corrected chi connectivity index (χ4v) is 3.06. The van der Waals surface area contributed by atoms with Crippen LogP contribution in [0.5, 0.6) is 0 Å². The summed E-state index contributed by atoms with van der Waals surface area (Å²) in [6.45, 7) is 4.85. The summed E-state index contributed by atoms with van der Waals surface area (Å²) < 4.78 is 4.72. The van der Waals surface area contributed by atoms with Gasteiger partial charge in [0.05, 0.1) is 12.7 Å². The summed E-state index contributed by atoms with van der Waals surface area (Å²) in [5, 5.41) is 2.78. The highest BCUT2D eigenvalue weighted by molar-refractivity contribution is 6.04. The molecule has 0 fully saturated rings. The molecular formula is C23H23N3O3. The second kappa shape index (κ2) is 9.01. The number of methoxy groups -OCH3 is 1. The first kappa shape index (κ1) is 20.1. The number of amides is 1. The van der Waals surface area contributed by atoms with Gasteiger partial charge >= 0.3 is 5.97 Å². The Labute approximate surface area is 170 Å². The van der Waals surface area contributed by atoms with Crippen molar-refractivity contribution in [2.45, 2.75) is 13.8 Å². The highest BCUT2D eigenvalue weighted by Crippen LogP contribution is 2.26. The predicted octanol–water partition coefficient (Wildman–Crippen LogP) is 4.59. The Kier molecular flexibility index (Phi) is 6.24. The van der Waals surface area contributed by atoms with Gasteiger partial charge in [0.2, 0.25) is 0 Å². The Bertz CT molecular complexity index is 1030. The van der Waals surface area contributed by atoms with Crippen molar-refractivity contribution < 1.29 is 14.3 Å². The summed E-state index contributed by atoms with van der Waals surface area (Å²) in [5.74, 6) is -0.813. The summed E-state index contributed by atoms with van der Waals surface area (Å²) in [4.78, 5) is 30.7. The molecule has 1 N–H and O–H groups in total. The van der Waals surface area contributed by atoms with Crippen LogP contribution in [0.25, 0.3) is 0 Å². The van der Waals surface area contributed by atoms with E-state index >= 15 is 0 Å². The van der Waals surface area contributed by atoms with E-state index in [0.717, 1.165) is 17.9 Å². The van der Waals surface area contributed by atoms with Gasteiger partial charge in [0.1, 0.15) is 5.69 Å². The van der Waals surface area contributed by atoms with Gasteiger partial charge in [-0.3, -0.25) is 9.78 Å². The number of carbonyl (C=O) groups excluding carboxylic acids is 2. The summed E-state index contributed by atoms with van der Waals surface area (Å²) in [6.07, 6.45) is 1.62. The van der Waals surface area contributed by atoms with E-state index in [0.29, 0.717) is 11.3 Å². The van der Waals surface area contributed by atoms with E-state index in [1.165, 1.54) is 12.7 Å². The average molecular weight is 389 g/mol. The number of esters is 1. The minimum atomic E-state index is -0.460. The van der Waals surface area contributed by atoms with Crippen LogP contribution in [0.3, 0.4) is 0 Å². The Morgan fingerprint density at radius 2 is 1.79 bits per heavy atom. The van der Waals surface area contributed by atoms with Crippen LogP contribution < -0.4 is 10.2 Å². The Morgan fingerprint density at radius 3 is 2.52 bits per heavy atom. The molecule has 6 nitrogen and oxygen atoms in total. The third-order valence-corrected chi connectivity index (χ3v) is 4.46. The minimum absolute atomic E-state index is 0.289. The molecule has 29 heavy (non-hydrogen) atoms. The van der Waals surface area contributed by atoms with Crippen molar-refractivity contribution >= 4 is 28.9 Å². The number of carbonyl (C=O) groups is 2. The molecule has 1 amide bonds. The first-order chi connectivity index (χ1) is 14.0. The van der Waals surface area contributed by atoms with Crippen LogP contribution in [0.2, 0.25) is 0 Å². The van der Waals surface area contributed by atoms with Crippen molar-refractivity contribution in [2.24, 2.45) is 0 Å². The van der Waals surface area contributed by atoms with Crippen molar-refractivity contribution in [2.75, 3.05) is 23.9 Å². The molecule has 0 radical (unpaired) electrons. The summed E-state index contributed by atoms with van der Waals surface area (Å²) in [7, 11) is 1.32. The molecule has 0 spiro atoms. The number of aryl methyl sites for hydroxylation is 1. The number of pyridine rings is 1. The number of nitrogens with one attached hydrogen (secondary N) is 1.